The van der Waals surface area contributed by atoms with Gasteiger partial charge in [0.1, 0.15) is 0 Å². The zero-order valence-electron chi connectivity index (χ0n) is 8.76. The van der Waals surface area contributed by atoms with Crippen molar-refractivity contribution in [1.82, 2.24) is 0 Å². The highest BCUT2D eigenvalue weighted by atomic mass is 16.3. The van der Waals surface area contributed by atoms with Crippen molar-refractivity contribution in [2.45, 2.75) is 58.0 Å². The van der Waals surface area contributed by atoms with E-state index < -0.39 is 0 Å². The van der Waals surface area contributed by atoms with E-state index in [0.717, 1.165) is 17.9 Å². The number of hydrogen-bond donors (Lipinski definition) is 1. The first-order valence-electron chi connectivity index (χ1n) is 5.53. The predicted molar refractivity (Wildman–Crippen MR) is 56.6 cm³/mol. The Balaban J connectivity index is 2.29. The molecule has 0 radical (unpaired) electrons. The van der Waals surface area contributed by atoms with Crippen molar-refractivity contribution in [3.63, 3.8) is 0 Å². The molecule has 1 aliphatic carbocycles. The summed E-state index contributed by atoms with van der Waals surface area (Å²) in [5.41, 5.74) is 0.921. The number of rotatable bonds is 3. The maximum absolute atomic E-state index is 9.67. The Bertz CT molecular complexity index is 155. The minimum Gasteiger partial charge on any atom is -0.389 e. The Kier molecular flexibility index (Phi) is 4.51. The van der Waals surface area contributed by atoms with E-state index in [1.165, 1.54) is 38.5 Å². The molecular formula is C12H22O. The van der Waals surface area contributed by atoms with Crippen LogP contribution in [0.2, 0.25) is 0 Å². The molecule has 1 atom stereocenters. The summed E-state index contributed by atoms with van der Waals surface area (Å²) in [5, 5.41) is 9.67. The standard InChI is InChI=1S/C12H22O/c1-10(2)12(13)9-11-7-5-3-4-6-8-11/h11-13H,1,3-9H2,2H3. The van der Waals surface area contributed by atoms with Gasteiger partial charge in [-0.25, -0.2) is 0 Å². The summed E-state index contributed by atoms with van der Waals surface area (Å²) in [6.45, 7) is 5.71. The normalized spacial score (nSPS) is 22.3. The van der Waals surface area contributed by atoms with Gasteiger partial charge in [-0.3, -0.25) is 0 Å². The predicted octanol–water partition coefficient (Wildman–Crippen LogP) is 3.28. The van der Waals surface area contributed by atoms with Crippen LogP contribution in [-0.4, -0.2) is 11.2 Å². The van der Waals surface area contributed by atoms with Crippen molar-refractivity contribution in [1.29, 1.82) is 0 Å². The van der Waals surface area contributed by atoms with Crippen molar-refractivity contribution in [2.24, 2.45) is 5.92 Å². The summed E-state index contributed by atoms with van der Waals surface area (Å²) in [5.74, 6) is 0.745. The van der Waals surface area contributed by atoms with Gasteiger partial charge in [0, 0.05) is 0 Å². The van der Waals surface area contributed by atoms with Crippen LogP contribution in [0.3, 0.4) is 0 Å². The van der Waals surface area contributed by atoms with Crippen LogP contribution in [0.5, 0.6) is 0 Å². The molecular weight excluding hydrogens is 160 g/mol. The number of aliphatic hydroxyl groups excluding tert-OH is 1. The highest BCUT2D eigenvalue weighted by Crippen LogP contribution is 2.27. The molecule has 1 N–H and O–H groups in total. The molecule has 1 unspecified atom stereocenters. The minimum absolute atomic E-state index is 0.261. The lowest BCUT2D eigenvalue weighted by molar-refractivity contribution is 0.170. The van der Waals surface area contributed by atoms with Gasteiger partial charge in [-0.15, -0.1) is 0 Å². The average Bonchev–Trinajstić information content (AvgIpc) is 2.32. The second-order valence-electron chi connectivity index (χ2n) is 4.46. The molecule has 1 heteroatoms. The Morgan fingerprint density at radius 2 is 1.85 bits per heavy atom. The fraction of sp³-hybridized carbons (Fsp3) is 0.833. The van der Waals surface area contributed by atoms with Crippen LogP contribution in [0.4, 0.5) is 0 Å². The van der Waals surface area contributed by atoms with Gasteiger partial charge in [-0.2, -0.15) is 0 Å². The summed E-state index contributed by atoms with van der Waals surface area (Å²) in [6.07, 6.45) is 8.79. The summed E-state index contributed by atoms with van der Waals surface area (Å²) < 4.78 is 0. The third kappa shape index (κ3) is 3.95. The second-order valence-corrected chi connectivity index (χ2v) is 4.46. The molecule has 76 valence electrons. The molecule has 0 aliphatic heterocycles. The zero-order chi connectivity index (χ0) is 9.68. The summed E-state index contributed by atoms with van der Waals surface area (Å²) in [4.78, 5) is 0. The molecule has 0 heterocycles. The highest BCUT2D eigenvalue weighted by Gasteiger charge is 2.16. The minimum atomic E-state index is -0.261. The lowest BCUT2D eigenvalue weighted by Crippen LogP contribution is -2.13. The van der Waals surface area contributed by atoms with Gasteiger partial charge < -0.3 is 5.11 Å². The molecule has 0 saturated heterocycles. The smallest absolute Gasteiger partial charge is 0.0747 e. The van der Waals surface area contributed by atoms with Crippen molar-refractivity contribution in [3.8, 4) is 0 Å². The van der Waals surface area contributed by atoms with Crippen LogP contribution in [0.25, 0.3) is 0 Å². The van der Waals surface area contributed by atoms with E-state index >= 15 is 0 Å². The van der Waals surface area contributed by atoms with Crippen LogP contribution in [0.1, 0.15) is 51.9 Å². The zero-order valence-corrected chi connectivity index (χ0v) is 8.76. The molecule has 0 spiro atoms. The molecule has 1 fully saturated rings. The van der Waals surface area contributed by atoms with Crippen LogP contribution in [0, 0.1) is 5.92 Å². The molecule has 1 rings (SSSR count). The van der Waals surface area contributed by atoms with Gasteiger partial charge in [0.05, 0.1) is 6.10 Å². The third-order valence-electron chi connectivity index (χ3n) is 3.10. The number of aliphatic hydroxyl groups is 1. The first-order chi connectivity index (χ1) is 6.20. The van der Waals surface area contributed by atoms with E-state index in [9.17, 15) is 5.11 Å². The van der Waals surface area contributed by atoms with Gasteiger partial charge in [0.2, 0.25) is 0 Å². The SMILES string of the molecule is C=C(C)C(O)CC1CCCCCC1. The molecule has 1 nitrogen and oxygen atoms in total. The molecule has 1 aliphatic rings. The molecule has 0 aromatic heterocycles. The summed E-state index contributed by atoms with van der Waals surface area (Å²) in [6, 6.07) is 0. The topological polar surface area (TPSA) is 20.2 Å². The maximum atomic E-state index is 9.67. The lowest BCUT2D eigenvalue weighted by atomic mass is 9.92. The highest BCUT2D eigenvalue weighted by molar-refractivity contribution is 4.97. The van der Waals surface area contributed by atoms with E-state index in [4.69, 9.17) is 0 Å². The van der Waals surface area contributed by atoms with E-state index in [1.807, 2.05) is 6.92 Å². The van der Waals surface area contributed by atoms with Gasteiger partial charge in [-0.1, -0.05) is 50.7 Å². The molecule has 0 aromatic carbocycles. The van der Waals surface area contributed by atoms with E-state index in [1.54, 1.807) is 0 Å². The van der Waals surface area contributed by atoms with Gasteiger partial charge in [-0.05, 0) is 19.3 Å². The van der Waals surface area contributed by atoms with Crippen molar-refractivity contribution < 1.29 is 5.11 Å². The van der Waals surface area contributed by atoms with Crippen molar-refractivity contribution >= 4 is 0 Å². The van der Waals surface area contributed by atoms with Crippen molar-refractivity contribution in [3.05, 3.63) is 12.2 Å². The Morgan fingerprint density at radius 1 is 1.31 bits per heavy atom. The quantitative estimate of drug-likeness (QED) is 0.524. The molecule has 0 bridgehead atoms. The van der Waals surface area contributed by atoms with Crippen LogP contribution < -0.4 is 0 Å². The summed E-state index contributed by atoms with van der Waals surface area (Å²) in [7, 11) is 0. The molecule has 1 saturated carbocycles. The average molecular weight is 182 g/mol. The first kappa shape index (κ1) is 10.8. The largest absolute Gasteiger partial charge is 0.389 e. The van der Waals surface area contributed by atoms with Crippen LogP contribution in [0.15, 0.2) is 12.2 Å². The van der Waals surface area contributed by atoms with Gasteiger partial charge >= 0.3 is 0 Å². The molecule has 13 heavy (non-hydrogen) atoms. The van der Waals surface area contributed by atoms with Crippen LogP contribution >= 0.6 is 0 Å². The third-order valence-corrected chi connectivity index (χ3v) is 3.10. The van der Waals surface area contributed by atoms with E-state index in [0.29, 0.717) is 0 Å². The maximum Gasteiger partial charge on any atom is 0.0747 e. The number of hydrogen-bond acceptors (Lipinski definition) is 1. The first-order valence-corrected chi connectivity index (χ1v) is 5.53. The van der Waals surface area contributed by atoms with E-state index in [2.05, 4.69) is 6.58 Å². The second kappa shape index (κ2) is 5.43. The van der Waals surface area contributed by atoms with Gasteiger partial charge in [0.15, 0.2) is 0 Å². The Labute approximate surface area is 81.9 Å². The van der Waals surface area contributed by atoms with Crippen LogP contribution in [-0.2, 0) is 0 Å². The van der Waals surface area contributed by atoms with E-state index in [-0.39, 0.29) is 6.10 Å². The fourth-order valence-electron chi connectivity index (χ4n) is 2.12. The van der Waals surface area contributed by atoms with Crippen molar-refractivity contribution in [2.75, 3.05) is 0 Å². The Hall–Kier alpha value is -0.300. The Morgan fingerprint density at radius 3 is 2.31 bits per heavy atom. The monoisotopic (exact) mass is 182 g/mol. The summed E-state index contributed by atoms with van der Waals surface area (Å²) >= 11 is 0. The fourth-order valence-corrected chi connectivity index (χ4v) is 2.12. The van der Waals surface area contributed by atoms with Gasteiger partial charge in [0.25, 0.3) is 0 Å². The lowest BCUT2D eigenvalue weighted by Gasteiger charge is -2.18. The molecule has 0 amide bonds. The molecule has 0 aromatic rings.